The molecular weight excluding hydrogens is 328 g/mol. The summed E-state index contributed by atoms with van der Waals surface area (Å²) < 4.78 is 5.15. The Bertz CT molecular complexity index is 761. The van der Waals surface area contributed by atoms with E-state index in [1.54, 1.807) is 18.2 Å². The van der Waals surface area contributed by atoms with Gasteiger partial charge in [-0.25, -0.2) is 9.98 Å². The number of aromatic nitrogens is 1. The molecule has 6 nitrogen and oxygen atoms in total. The molecule has 3 N–H and O–H groups in total. The lowest BCUT2D eigenvalue weighted by Gasteiger charge is -2.11. The maximum Gasteiger partial charge on any atom is 0.282 e. The number of nitrogens with two attached hydrogens (primary N) is 1. The van der Waals surface area contributed by atoms with E-state index in [2.05, 4.69) is 15.3 Å². The number of hydrogen-bond donors (Lipinski definition) is 2. The molecule has 3 rings (SSSR count). The van der Waals surface area contributed by atoms with Crippen molar-refractivity contribution >= 4 is 29.3 Å². The van der Waals surface area contributed by atoms with E-state index < -0.39 is 0 Å². The number of benzene rings is 1. The Morgan fingerprint density at radius 1 is 1.33 bits per heavy atom. The molecular formula is C17H17ClN4O2. The number of nitrogens with one attached hydrogen (secondary N) is 1. The summed E-state index contributed by atoms with van der Waals surface area (Å²) in [5, 5.41) is 3.30. The topological polar surface area (TPSA) is 89.6 Å². The van der Waals surface area contributed by atoms with E-state index >= 15 is 0 Å². The van der Waals surface area contributed by atoms with Crippen LogP contribution >= 0.6 is 11.6 Å². The van der Waals surface area contributed by atoms with Crippen LogP contribution in [-0.4, -0.2) is 29.6 Å². The highest BCUT2D eigenvalue weighted by atomic mass is 35.5. The second-order valence-electron chi connectivity index (χ2n) is 5.44. The fourth-order valence-corrected chi connectivity index (χ4v) is 2.61. The van der Waals surface area contributed by atoms with Crippen LogP contribution in [0.25, 0.3) is 0 Å². The molecule has 1 amide bonds. The maximum absolute atomic E-state index is 12.5. The molecule has 0 saturated carbocycles. The third-order valence-corrected chi connectivity index (χ3v) is 3.93. The highest BCUT2D eigenvalue weighted by molar-refractivity contribution is 6.30. The molecule has 1 aromatic heterocycles. The third kappa shape index (κ3) is 4.02. The van der Waals surface area contributed by atoms with Gasteiger partial charge in [0.1, 0.15) is 12.4 Å². The molecule has 0 bridgehead atoms. The SMILES string of the molecule is NC1=NC(CCc2ccccc2C(=O)Nc2ccc(Cl)cn2)CO1. The Morgan fingerprint density at radius 3 is 2.88 bits per heavy atom. The van der Waals surface area contributed by atoms with Crippen LogP contribution in [0.5, 0.6) is 0 Å². The number of ether oxygens (including phenoxy) is 1. The molecule has 1 aliphatic heterocycles. The number of carbonyl (C=O) groups is 1. The average molecular weight is 345 g/mol. The number of nitrogens with zero attached hydrogens (tertiary/aromatic N) is 2. The van der Waals surface area contributed by atoms with Crippen LogP contribution in [0, 0.1) is 0 Å². The average Bonchev–Trinajstić information content (AvgIpc) is 3.01. The standard InChI is InChI=1S/C17H17ClN4O2/c18-12-6-8-15(20-9-12)22-16(23)14-4-2-1-3-11(14)5-7-13-10-24-17(19)21-13/h1-4,6,8-9,13H,5,7,10H2,(H2,19,21)(H,20,22,23). The Morgan fingerprint density at radius 2 is 2.17 bits per heavy atom. The summed E-state index contributed by atoms with van der Waals surface area (Å²) >= 11 is 5.80. The second kappa shape index (κ2) is 7.31. The van der Waals surface area contributed by atoms with Crippen molar-refractivity contribution < 1.29 is 9.53 Å². The molecule has 0 spiro atoms. The van der Waals surface area contributed by atoms with Gasteiger partial charge in [0.25, 0.3) is 11.9 Å². The van der Waals surface area contributed by atoms with Gasteiger partial charge in [0.2, 0.25) is 0 Å². The minimum atomic E-state index is -0.203. The zero-order valence-corrected chi connectivity index (χ0v) is 13.7. The number of halogens is 1. The molecule has 0 saturated heterocycles. The zero-order chi connectivity index (χ0) is 16.9. The normalized spacial score (nSPS) is 16.4. The van der Waals surface area contributed by atoms with Crippen molar-refractivity contribution in [2.45, 2.75) is 18.9 Å². The van der Waals surface area contributed by atoms with Crippen molar-refractivity contribution in [2.75, 3.05) is 11.9 Å². The van der Waals surface area contributed by atoms with Crippen molar-refractivity contribution in [3.63, 3.8) is 0 Å². The smallest absolute Gasteiger partial charge is 0.282 e. The predicted molar refractivity (Wildman–Crippen MR) is 93.3 cm³/mol. The van der Waals surface area contributed by atoms with Crippen LogP contribution in [0.15, 0.2) is 47.6 Å². The highest BCUT2D eigenvalue weighted by Gasteiger charge is 2.18. The quantitative estimate of drug-likeness (QED) is 0.872. The van der Waals surface area contributed by atoms with Gasteiger partial charge < -0.3 is 15.8 Å². The number of anilines is 1. The Balaban J connectivity index is 1.68. The number of pyridine rings is 1. The van der Waals surface area contributed by atoms with Gasteiger partial charge in [-0.05, 0) is 36.6 Å². The van der Waals surface area contributed by atoms with Gasteiger partial charge in [-0.2, -0.15) is 0 Å². The molecule has 2 aromatic rings. The largest absolute Gasteiger partial charge is 0.463 e. The molecule has 1 aliphatic rings. The van der Waals surface area contributed by atoms with E-state index in [1.165, 1.54) is 6.20 Å². The van der Waals surface area contributed by atoms with Crippen LogP contribution in [0.3, 0.4) is 0 Å². The molecule has 1 atom stereocenters. The summed E-state index contributed by atoms with van der Waals surface area (Å²) in [6.45, 7) is 0.495. The fraction of sp³-hybridized carbons (Fsp3) is 0.235. The van der Waals surface area contributed by atoms with Crippen molar-refractivity contribution in [2.24, 2.45) is 10.7 Å². The van der Waals surface area contributed by atoms with Crippen molar-refractivity contribution in [3.05, 3.63) is 58.7 Å². The van der Waals surface area contributed by atoms with Crippen molar-refractivity contribution in [3.8, 4) is 0 Å². The lowest BCUT2D eigenvalue weighted by Crippen LogP contribution is -2.16. The first-order valence-corrected chi connectivity index (χ1v) is 7.96. The highest BCUT2D eigenvalue weighted by Crippen LogP contribution is 2.17. The number of hydrogen-bond acceptors (Lipinski definition) is 5. The predicted octanol–water partition coefficient (Wildman–Crippen LogP) is 2.63. The summed E-state index contributed by atoms with van der Waals surface area (Å²) in [5.41, 5.74) is 7.08. The number of aryl methyl sites for hydroxylation is 1. The van der Waals surface area contributed by atoms with E-state index in [9.17, 15) is 4.79 Å². The van der Waals surface area contributed by atoms with Gasteiger partial charge in [0, 0.05) is 11.8 Å². The molecule has 0 aliphatic carbocycles. The molecule has 124 valence electrons. The lowest BCUT2D eigenvalue weighted by atomic mass is 10.00. The second-order valence-corrected chi connectivity index (χ2v) is 5.88. The van der Waals surface area contributed by atoms with E-state index in [0.717, 1.165) is 12.0 Å². The van der Waals surface area contributed by atoms with Crippen LogP contribution in [0.2, 0.25) is 5.02 Å². The third-order valence-electron chi connectivity index (χ3n) is 3.71. The van der Waals surface area contributed by atoms with Crippen molar-refractivity contribution in [1.29, 1.82) is 0 Å². The molecule has 1 aromatic carbocycles. The van der Waals surface area contributed by atoms with Gasteiger partial charge >= 0.3 is 0 Å². The monoisotopic (exact) mass is 344 g/mol. The molecule has 1 unspecified atom stereocenters. The zero-order valence-electron chi connectivity index (χ0n) is 12.9. The summed E-state index contributed by atoms with van der Waals surface area (Å²) in [5.74, 6) is 0.256. The van der Waals surface area contributed by atoms with Gasteiger partial charge in [-0.1, -0.05) is 29.8 Å². The Kier molecular flexibility index (Phi) is 4.96. The number of rotatable bonds is 5. The van der Waals surface area contributed by atoms with E-state index in [-0.39, 0.29) is 18.0 Å². The minimum absolute atomic E-state index is 0.0408. The number of aliphatic imine (C=N–C) groups is 1. The van der Waals surface area contributed by atoms with Gasteiger partial charge in [-0.3, -0.25) is 4.79 Å². The number of amides is 1. The van der Waals surface area contributed by atoms with E-state index in [0.29, 0.717) is 29.4 Å². The molecule has 2 heterocycles. The minimum Gasteiger partial charge on any atom is -0.463 e. The summed E-state index contributed by atoms with van der Waals surface area (Å²) in [4.78, 5) is 20.8. The first-order chi connectivity index (χ1) is 11.6. The lowest BCUT2D eigenvalue weighted by molar-refractivity contribution is 0.102. The molecule has 7 heteroatoms. The van der Waals surface area contributed by atoms with Gasteiger partial charge in [0.15, 0.2) is 0 Å². The first kappa shape index (κ1) is 16.3. The Labute approximate surface area is 144 Å². The van der Waals surface area contributed by atoms with E-state index in [1.807, 2.05) is 18.2 Å². The van der Waals surface area contributed by atoms with Crippen LogP contribution in [0.4, 0.5) is 5.82 Å². The summed E-state index contributed by atoms with van der Waals surface area (Å²) in [6, 6.07) is 11.1. The van der Waals surface area contributed by atoms with Gasteiger partial charge in [-0.15, -0.1) is 0 Å². The number of amidine groups is 1. The van der Waals surface area contributed by atoms with Crippen LogP contribution in [0.1, 0.15) is 22.3 Å². The summed E-state index contributed by atoms with van der Waals surface area (Å²) in [6.07, 6.45) is 2.97. The van der Waals surface area contributed by atoms with Crippen LogP contribution in [-0.2, 0) is 11.2 Å². The fourth-order valence-electron chi connectivity index (χ4n) is 2.50. The number of carbonyl (C=O) groups excluding carboxylic acids is 1. The van der Waals surface area contributed by atoms with Crippen molar-refractivity contribution in [1.82, 2.24) is 4.98 Å². The molecule has 24 heavy (non-hydrogen) atoms. The summed E-state index contributed by atoms with van der Waals surface area (Å²) in [7, 11) is 0. The first-order valence-electron chi connectivity index (χ1n) is 7.58. The maximum atomic E-state index is 12.5. The van der Waals surface area contributed by atoms with Gasteiger partial charge in [0.05, 0.1) is 11.1 Å². The Hall–Kier alpha value is -2.60. The molecule has 0 fully saturated rings. The van der Waals surface area contributed by atoms with E-state index in [4.69, 9.17) is 22.1 Å². The van der Waals surface area contributed by atoms with Crippen LogP contribution < -0.4 is 11.1 Å². The molecule has 0 radical (unpaired) electrons.